The molecule has 5 nitrogen and oxygen atoms in total. The molecule has 2 rings (SSSR count). The van der Waals surface area contributed by atoms with Crippen molar-refractivity contribution >= 4 is 5.91 Å². The number of para-hydroxylation sites is 1. The van der Waals surface area contributed by atoms with Crippen molar-refractivity contribution in [2.24, 2.45) is 0 Å². The van der Waals surface area contributed by atoms with Gasteiger partial charge in [0, 0.05) is 0 Å². The summed E-state index contributed by atoms with van der Waals surface area (Å²) in [5.74, 6) is 1.94. The maximum atomic E-state index is 11.3. The van der Waals surface area contributed by atoms with Crippen LogP contribution >= 0.6 is 0 Å². The molecule has 22 heavy (non-hydrogen) atoms. The second-order valence-electron chi connectivity index (χ2n) is 4.42. The lowest BCUT2D eigenvalue weighted by molar-refractivity contribution is -0.121. The largest absolute Gasteiger partial charge is 0.493 e. The smallest absolute Gasteiger partial charge is 0.224 e. The molecule has 0 unspecified atom stereocenters. The van der Waals surface area contributed by atoms with Crippen LogP contribution in [0.3, 0.4) is 0 Å². The van der Waals surface area contributed by atoms with E-state index in [-0.39, 0.29) is 25.5 Å². The molecule has 0 aliphatic carbocycles. The summed E-state index contributed by atoms with van der Waals surface area (Å²) in [4.78, 5) is 11.3. The van der Waals surface area contributed by atoms with Gasteiger partial charge in [0.2, 0.25) is 5.91 Å². The first-order valence-electron chi connectivity index (χ1n) is 6.87. The van der Waals surface area contributed by atoms with E-state index in [9.17, 15) is 4.79 Å². The van der Waals surface area contributed by atoms with Crippen LogP contribution in [0, 0.1) is 11.3 Å². The van der Waals surface area contributed by atoms with E-state index in [1.165, 1.54) is 0 Å². The average molecular weight is 296 g/mol. The Morgan fingerprint density at radius 1 is 1.00 bits per heavy atom. The number of rotatable bonds is 7. The highest BCUT2D eigenvalue weighted by molar-refractivity contribution is 5.76. The van der Waals surface area contributed by atoms with E-state index in [2.05, 4.69) is 5.32 Å². The first kappa shape index (κ1) is 15.4. The Morgan fingerprint density at radius 3 is 2.32 bits per heavy atom. The monoisotopic (exact) mass is 296 g/mol. The molecule has 2 aromatic carbocycles. The zero-order valence-electron chi connectivity index (χ0n) is 12.0. The van der Waals surface area contributed by atoms with Crippen LogP contribution < -0.4 is 14.8 Å². The van der Waals surface area contributed by atoms with Crippen LogP contribution in [0.1, 0.15) is 6.42 Å². The molecule has 0 heterocycles. The normalized spacial score (nSPS) is 9.59. The molecule has 0 saturated carbocycles. The molecule has 1 N–H and O–H groups in total. The molecule has 0 saturated heterocycles. The first-order valence-corrected chi connectivity index (χ1v) is 6.87. The molecule has 112 valence electrons. The van der Waals surface area contributed by atoms with E-state index in [1.807, 2.05) is 36.4 Å². The molecular formula is C17H16N2O3. The van der Waals surface area contributed by atoms with E-state index in [0.29, 0.717) is 11.5 Å². The second kappa shape index (κ2) is 8.32. The maximum absolute atomic E-state index is 11.3. The van der Waals surface area contributed by atoms with Crippen LogP contribution in [0.25, 0.3) is 0 Å². The number of carbonyl (C=O) groups is 1. The fraction of sp³-hybridized carbons (Fsp3) is 0.176. The summed E-state index contributed by atoms with van der Waals surface area (Å²) in [6, 6.07) is 18.5. The van der Waals surface area contributed by atoms with Gasteiger partial charge in [-0.2, -0.15) is 5.26 Å². The topological polar surface area (TPSA) is 71.4 Å². The van der Waals surface area contributed by atoms with Gasteiger partial charge < -0.3 is 14.8 Å². The number of amides is 1. The van der Waals surface area contributed by atoms with Crippen molar-refractivity contribution in [3.63, 3.8) is 0 Å². The standard InChI is InChI=1S/C17H16N2O3/c18-11-12-19-17(20)10-13-21-14-6-8-16(9-7-14)22-15-4-2-1-3-5-15/h1-9H,10,12-13H2,(H,19,20). The summed E-state index contributed by atoms with van der Waals surface area (Å²) >= 11 is 0. The molecule has 0 aromatic heterocycles. The van der Waals surface area contributed by atoms with Gasteiger partial charge in [-0.3, -0.25) is 4.79 Å². The van der Waals surface area contributed by atoms with Crippen LogP contribution in [-0.2, 0) is 4.79 Å². The molecule has 1 amide bonds. The third kappa shape index (κ3) is 5.17. The van der Waals surface area contributed by atoms with Crippen LogP contribution in [0.5, 0.6) is 17.2 Å². The van der Waals surface area contributed by atoms with Crippen LogP contribution in [0.15, 0.2) is 54.6 Å². The summed E-state index contributed by atoms with van der Waals surface area (Å²) < 4.78 is 11.1. The number of nitriles is 1. The summed E-state index contributed by atoms with van der Waals surface area (Å²) in [6.45, 7) is 0.278. The quantitative estimate of drug-likeness (QED) is 0.797. The molecule has 0 fully saturated rings. The summed E-state index contributed by atoms with van der Waals surface area (Å²) in [5, 5.41) is 10.8. The fourth-order valence-electron chi connectivity index (χ4n) is 1.72. The van der Waals surface area contributed by atoms with E-state index < -0.39 is 0 Å². The number of nitrogens with zero attached hydrogens (tertiary/aromatic N) is 1. The Kier molecular flexibility index (Phi) is 5.82. The SMILES string of the molecule is N#CCNC(=O)CCOc1ccc(Oc2ccccc2)cc1. The van der Waals surface area contributed by atoms with Gasteiger partial charge in [-0.25, -0.2) is 0 Å². The predicted molar refractivity (Wildman–Crippen MR) is 81.7 cm³/mol. The van der Waals surface area contributed by atoms with Gasteiger partial charge in [-0.1, -0.05) is 18.2 Å². The van der Waals surface area contributed by atoms with Crippen LogP contribution in [0.2, 0.25) is 0 Å². The van der Waals surface area contributed by atoms with Gasteiger partial charge in [0.15, 0.2) is 0 Å². The van der Waals surface area contributed by atoms with Crippen molar-refractivity contribution in [2.45, 2.75) is 6.42 Å². The summed E-state index contributed by atoms with van der Waals surface area (Å²) in [6.07, 6.45) is 0.212. The molecule has 0 atom stereocenters. The highest BCUT2D eigenvalue weighted by atomic mass is 16.5. The third-order valence-corrected chi connectivity index (χ3v) is 2.77. The molecular weight excluding hydrogens is 280 g/mol. The Balaban J connectivity index is 1.77. The lowest BCUT2D eigenvalue weighted by Gasteiger charge is -2.08. The number of hydrogen-bond acceptors (Lipinski definition) is 4. The number of carbonyl (C=O) groups excluding carboxylic acids is 1. The van der Waals surface area contributed by atoms with Gasteiger partial charge in [0.05, 0.1) is 19.1 Å². The first-order chi connectivity index (χ1) is 10.8. The lowest BCUT2D eigenvalue weighted by Crippen LogP contribution is -2.25. The van der Waals surface area contributed by atoms with Gasteiger partial charge in [-0.15, -0.1) is 0 Å². The average Bonchev–Trinajstić information content (AvgIpc) is 2.55. The van der Waals surface area contributed by atoms with Crippen molar-refractivity contribution in [1.82, 2.24) is 5.32 Å². The van der Waals surface area contributed by atoms with Crippen LogP contribution in [-0.4, -0.2) is 19.1 Å². The minimum absolute atomic E-state index is 0.0182. The zero-order valence-corrected chi connectivity index (χ0v) is 12.0. The summed E-state index contributed by atoms with van der Waals surface area (Å²) in [5.41, 5.74) is 0. The van der Waals surface area contributed by atoms with Gasteiger partial charge in [0.1, 0.15) is 23.8 Å². The lowest BCUT2D eigenvalue weighted by atomic mass is 10.3. The molecule has 0 aliphatic rings. The Bertz CT molecular complexity index is 633. The number of benzene rings is 2. The highest BCUT2D eigenvalue weighted by Crippen LogP contribution is 2.23. The Morgan fingerprint density at radius 2 is 1.64 bits per heavy atom. The predicted octanol–water partition coefficient (Wildman–Crippen LogP) is 2.89. The Hall–Kier alpha value is -3.00. The molecule has 0 spiro atoms. The molecule has 0 radical (unpaired) electrons. The van der Waals surface area contributed by atoms with Crippen molar-refractivity contribution < 1.29 is 14.3 Å². The Labute approximate surface area is 129 Å². The second-order valence-corrected chi connectivity index (χ2v) is 4.42. The zero-order chi connectivity index (χ0) is 15.6. The van der Waals surface area contributed by atoms with Crippen LogP contribution in [0.4, 0.5) is 0 Å². The van der Waals surface area contributed by atoms with Crippen molar-refractivity contribution in [3.8, 4) is 23.3 Å². The van der Waals surface area contributed by atoms with Gasteiger partial charge >= 0.3 is 0 Å². The third-order valence-electron chi connectivity index (χ3n) is 2.77. The van der Waals surface area contributed by atoms with Crippen molar-refractivity contribution in [3.05, 3.63) is 54.6 Å². The van der Waals surface area contributed by atoms with E-state index in [0.717, 1.165) is 5.75 Å². The summed E-state index contributed by atoms with van der Waals surface area (Å²) in [7, 11) is 0. The van der Waals surface area contributed by atoms with Crippen molar-refractivity contribution in [2.75, 3.05) is 13.2 Å². The van der Waals surface area contributed by atoms with E-state index in [4.69, 9.17) is 14.7 Å². The molecule has 0 aliphatic heterocycles. The maximum Gasteiger partial charge on any atom is 0.224 e. The number of nitrogens with one attached hydrogen (secondary N) is 1. The molecule has 0 bridgehead atoms. The minimum atomic E-state index is -0.203. The highest BCUT2D eigenvalue weighted by Gasteiger charge is 2.02. The fourth-order valence-corrected chi connectivity index (χ4v) is 1.72. The van der Waals surface area contributed by atoms with Crippen molar-refractivity contribution in [1.29, 1.82) is 5.26 Å². The van der Waals surface area contributed by atoms with E-state index in [1.54, 1.807) is 24.3 Å². The number of ether oxygens (including phenoxy) is 2. The van der Waals surface area contributed by atoms with Gasteiger partial charge in [-0.05, 0) is 36.4 Å². The molecule has 5 heteroatoms. The minimum Gasteiger partial charge on any atom is -0.493 e. The van der Waals surface area contributed by atoms with Gasteiger partial charge in [0.25, 0.3) is 0 Å². The van der Waals surface area contributed by atoms with E-state index >= 15 is 0 Å². The molecule has 2 aromatic rings. The number of hydrogen-bond donors (Lipinski definition) is 1.